The van der Waals surface area contributed by atoms with Crippen molar-refractivity contribution in [3.8, 4) is 0 Å². The summed E-state index contributed by atoms with van der Waals surface area (Å²) in [5, 5.41) is 14.5. The molecular formula is C16H24N2O3. The molecule has 1 aromatic rings. The van der Waals surface area contributed by atoms with Crippen LogP contribution in [0.4, 0.5) is 10.5 Å². The van der Waals surface area contributed by atoms with Crippen molar-refractivity contribution < 1.29 is 14.7 Å². The zero-order chi connectivity index (χ0) is 15.8. The van der Waals surface area contributed by atoms with E-state index in [4.69, 9.17) is 5.11 Å². The maximum Gasteiger partial charge on any atom is 0.319 e. The largest absolute Gasteiger partial charge is 0.481 e. The first-order valence-corrected chi connectivity index (χ1v) is 7.32. The van der Waals surface area contributed by atoms with Crippen LogP contribution >= 0.6 is 0 Å². The van der Waals surface area contributed by atoms with Gasteiger partial charge in [0, 0.05) is 12.2 Å². The highest BCUT2D eigenvalue weighted by Crippen LogP contribution is 2.23. The molecule has 5 heteroatoms. The van der Waals surface area contributed by atoms with E-state index in [1.54, 1.807) is 0 Å². The third-order valence-corrected chi connectivity index (χ3v) is 3.33. The zero-order valence-electron chi connectivity index (χ0n) is 12.8. The van der Waals surface area contributed by atoms with E-state index >= 15 is 0 Å². The smallest absolute Gasteiger partial charge is 0.319 e. The second kappa shape index (κ2) is 8.29. The summed E-state index contributed by atoms with van der Waals surface area (Å²) in [6.07, 6.45) is 1.33. The highest BCUT2D eigenvalue weighted by molar-refractivity contribution is 5.90. The molecule has 1 unspecified atom stereocenters. The van der Waals surface area contributed by atoms with Gasteiger partial charge in [0.25, 0.3) is 0 Å². The number of carboxylic acid groups (broad SMARTS) is 1. The van der Waals surface area contributed by atoms with E-state index in [0.717, 1.165) is 17.7 Å². The molecule has 5 nitrogen and oxygen atoms in total. The number of carboxylic acids is 1. The monoisotopic (exact) mass is 292 g/mol. The summed E-state index contributed by atoms with van der Waals surface area (Å²) in [5.41, 5.74) is 1.81. The molecule has 0 radical (unpaired) electrons. The van der Waals surface area contributed by atoms with Crippen LogP contribution < -0.4 is 10.6 Å². The number of para-hydroxylation sites is 1. The van der Waals surface area contributed by atoms with Crippen molar-refractivity contribution in [1.29, 1.82) is 0 Å². The average Bonchev–Trinajstić information content (AvgIpc) is 2.43. The van der Waals surface area contributed by atoms with Gasteiger partial charge in [0.2, 0.25) is 0 Å². The first kappa shape index (κ1) is 17.0. The van der Waals surface area contributed by atoms with Crippen LogP contribution in [0.15, 0.2) is 24.3 Å². The average molecular weight is 292 g/mol. The summed E-state index contributed by atoms with van der Waals surface area (Å²) < 4.78 is 0. The summed E-state index contributed by atoms with van der Waals surface area (Å²) in [7, 11) is 0. The Bertz CT molecular complexity index is 486. The second-order valence-electron chi connectivity index (χ2n) is 5.40. The van der Waals surface area contributed by atoms with Gasteiger partial charge in [0.15, 0.2) is 0 Å². The lowest BCUT2D eigenvalue weighted by Gasteiger charge is -2.16. The molecule has 21 heavy (non-hydrogen) atoms. The Morgan fingerprint density at radius 1 is 1.24 bits per heavy atom. The maximum absolute atomic E-state index is 11.9. The molecule has 1 aromatic carbocycles. The SMILES string of the molecule is CCCC(CNC(=O)Nc1ccccc1C(C)C)C(=O)O. The van der Waals surface area contributed by atoms with Crippen molar-refractivity contribution >= 4 is 17.7 Å². The second-order valence-corrected chi connectivity index (χ2v) is 5.40. The number of amides is 2. The lowest BCUT2D eigenvalue weighted by Crippen LogP contribution is -2.36. The van der Waals surface area contributed by atoms with E-state index in [-0.39, 0.29) is 12.6 Å². The molecule has 0 aromatic heterocycles. The van der Waals surface area contributed by atoms with Crippen LogP contribution in [-0.4, -0.2) is 23.7 Å². The minimum Gasteiger partial charge on any atom is -0.481 e. The molecule has 3 N–H and O–H groups in total. The normalized spacial score (nSPS) is 12.0. The fourth-order valence-corrected chi connectivity index (χ4v) is 2.16. The summed E-state index contributed by atoms with van der Waals surface area (Å²) in [6, 6.07) is 7.23. The fraction of sp³-hybridized carbons (Fsp3) is 0.500. The molecule has 2 amide bonds. The van der Waals surface area contributed by atoms with Crippen LogP contribution in [-0.2, 0) is 4.79 Å². The number of carbonyl (C=O) groups is 2. The number of rotatable bonds is 7. The van der Waals surface area contributed by atoms with Crippen LogP contribution in [0.5, 0.6) is 0 Å². The van der Waals surface area contributed by atoms with Gasteiger partial charge in [-0.1, -0.05) is 45.4 Å². The first-order chi connectivity index (χ1) is 9.95. The minimum absolute atomic E-state index is 0.138. The topological polar surface area (TPSA) is 78.4 Å². The quantitative estimate of drug-likeness (QED) is 0.720. The van der Waals surface area contributed by atoms with Crippen LogP contribution in [0, 0.1) is 5.92 Å². The minimum atomic E-state index is -0.875. The van der Waals surface area contributed by atoms with Gasteiger partial charge >= 0.3 is 12.0 Å². The molecule has 1 rings (SSSR count). The molecular weight excluding hydrogens is 268 g/mol. The van der Waals surface area contributed by atoms with Crippen molar-refractivity contribution in [1.82, 2.24) is 5.32 Å². The third kappa shape index (κ3) is 5.45. The molecule has 0 heterocycles. The molecule has 0 aliphatic carbocycles. The Morgan fingerprint density at radius 3 is 2.48 bits per heavy atom. The van der Waals surface area contributed by atoms with Gasteiger partial charge < -0.3 is 15.7 Å². The molecule has 0 aliphatic heterocycles. The Morgan fingerprint density at radius 2 is 1.90 bits per heavy atom. The van der Waals surface area contributed by atoms with Crippen molar-refractivity contribution in [3.05, 3.63) is 29.8 Å². The summed E-state index contributed by atoms with van der Waals surface area (Å²) in [4.78, 5) is 22.9. The summed E-state index contributed by atoms with van der Waals surface area (Å²) in [5.74, 6) is -1.12. The molecule has 0 saturated heterocycles. The van der Waals surface area contributed by atoms with Crippen LogP contribution in [0.2, 0.25) is 0 Å². The van der Waals surface area contributed by atoms with Crippen molar-refractivity contribution in [3.63, 3.8) is 0 Å². The van der Waals surface area contributed by atoms with Crippen LogP contribution in [0.3, 0.4) is 0 Å². The highest BCUT2D eigenvalue weighted by Gasteiger charge is 2.17. The number of urea groups is 1. The van der Waals surface area contributed by atoms with Crippen molar-refractivity contribution in [2.45, 2.75) is 39.5 Å². The number of hydrogen-bond acceptors (Lipinski definition) is 2. The summed E-state index contributed by atoms with van der Waals surface area (Å²) >= 11 is 0. The van der Waals surface area contributed by atoms with E-state index in [9.17, 15) is 9.59 Å². The van der Waals surface area contributed by atoms with E-state index in [1.165, 1.54) is 0 Å². The molecule has 0 fully saturated rings. The number of hydrogen-bond donors (Lipinski definition) is 3. The lowest BCUT2D eigenvalue weighted by molar-refractivity contribution is -0.141. The van der Waals surface area contributed by atoms with E-state index in [1.807, 2.05) is 31.2 Å². The molecule has 0 saturated carbocycles. The number of nitrogens with one attached hydrogen (secondary N) is 2. The predicted octanol–water partition coefficient (Wildman–Crippen LogP) is 3.43. The molecule has 0 aliphatic rings. The molecule has 0 spiro atoms. The predicted molar refractivity (Wildman–Crippen MR) is 83.6 cm³/mol. The standard InChI is InChI=1S/C16H24N2O3/c1-4-7-12(15(19)20)10-17-16(21)18-14-9-6-5-8-13(14)11(2)3/h5-6,8-9,11-12H,4,7,10H2,1-3H3,(H,19,20)(H2,17,18,21). The van der Waals surface area contributed by atoms with Gasteiger partial charge in [-0.15, -0.1) is 0 Å². The Labute approximate surface area is 125 Å². The van der Waals surface area contributed by atoms with E-state index in [0.29, 0.717) is 12.3 Å². The fourth-order valence-electron chi connectivity index (χ4n) is 2.16. The van der Waals surface area contributed by atoms with Gasteiger partial charge in [-0.3, -0.25) is 4.79 Å². The highest BCUT2D eigenvalue weighted by atomic mass is 16.4. The van der Waals surface area contributed by atoms with Gasteiger partial charge in [0.05, 0.1) is 5.92 Å². The summed E-state index contributed by atoms with van der Waals surface area (Å²) in [6.45, 7) is 6.17. The van der Waals surface area contributed by atoms with Crippen LogP contribution in [0.25, 0.3) is 0 Å². The Balaban J connectivity index is 2.60. The molecule has 116 valence electrons. The number of benzene rings is 1. The van der Waals surface area contributed by atoms with E-state index in [2.05, 4.69) is 24.5 Å². The zero-order valence-corrected chi connectivity index (χ0v) is 12.8. The first-order valence-electron chi connectivity index (χ1n) is 7.32. The molecule has 1 atom stereocenters. The van der Waals surface area contributed by atoms with Gasteiger partial charge in [-0.05, 0) is 24.0 Å². The maximum atomic E-state index is 11.9. The molecule has 0 bridgehead atoms. The Hall–Kier alpha value is -2.04. The van der Waals surface area contributed by atoms with Gasteiger partial charge in [0.1, 0.15) is 0 Å². The third-order valence-electron chi connectivity index (χ3n) is 3.33. The van der Waals surface area contributed by atoms with Crippen molar-refractivity contribution in [2.24, 2.45) is 5.92 Å². The number of anilines is 1. The number of aliphatic carboxylic acids is 1. The van der Waals surface area contributed by atoms with Gasteiger partial charge in [-0.25, -0.2) is 4.79 Å². The Kier molecular flexibility index (Phi) is 6.72. The number of carbonyl (C=O) groups excluding carboxylic acids is 1. The van der Waals surface area contributed by atoms with Gasteiger partial charge in [-0.2, -0.15) is 0 Å². The van der Waals surface area contributed by atoms with Crippen LogP contribution in [0.1, 0.15) is 45.1 Å². The van der Waals surface area contributed by atoms with Crippen molar-refractivity contribution in [2.75, 3.05) is 11.9 Å². The lowest BCUT2D eigenvalue weighted by atomic mass is 10.0. The van der Waals surface area contributed by atoms with E-state index < -0.39 is 11.9 Å².